The molecule has 0 aliphatic carbocycles. The Morgan fingerprint density at radius 1 is 1.00 bits per heavy atom. The largest absolute Gasteiger partial charge is 0.417 e. The molecular weight excluding hydrogens is 230 g/mol. The molecule has 4 nitrogen and oxygen atoms in total. The lowest BCUT2D eigenvalue weighted by Gasteiger charge is -2.00. The molecule has 0 aliphatic rings. The van der Waals surface area contributed by atoms with E-state index >= 15 is 0 Å². The molecular formula is C14H9NO3. The van der Waals surface area contributed by atoms with E-state index in [-0.39, 0.29) is 5.78 Å². The second-order valence-corrected chi connectivity index (χ2v) is 3.92. The van der Waals surface area contributed by atoms with Crippen LogP contribution < -0.4 is 5.76 Å². The first kappa shape index (κ1) is 10.5. The second kappa shape index (κ2) is 4.00. The highest BCUT2D eigenvalue weighted by Gasteiger charge is 2.10. The Balaban J connectivity index is 2.09. The summed E-state index contributed by atoms with van der Waals surface area (Å²) in [6.45, 7) is 0. The number of aromatic nitrogens is 1. The van der Waals surface area contributed by atoms with Crippen molar-refractivity contribution in [1.29, 1.82) is 0 Å². The van der Waals surface area contributed by atoms with Crippen LogP contribution in [0.2, 0.25) is 0 Å². The molecule has 0 aliphatic heterocycles. The Kier molecular flexibility index (Phi) is 2.34. The maximum Gasteiger partial charge on any atom is 0.417 e. The summed E-state index contributed by atoms with van der Waals surface area (Å²) in [4.78, 5) is 25.7. The number of ketones is 1. The summed E-state index contributed by atoms with van der Waals surface area (Å²) in [6.07, 6.45) is 0. The molecule has 0 radical (unpaired) electrons. The number of rotatable bonds is 2. The Labute approximate surface area is 102 Å². The minimum atomic E-state index is -0.519. The van der Waals surface area contributed by atoms with Crippen LogP contribution in [0.1, 0.15) is 15.9 Å². The first-order chi connectivity index (χ1) is 8.74. The van der Waals surface area contributed by atoms with E-state index in [0.29, 0.717) is 22.2 Å². The zero-order valence-electron chi connectivity index (χ0n) is 9.34. The van der Waals surface area contributed by atoms with Crippen molar-refractivity contribution >= 4 is 16.9 Å². The van der Waals surface area contributed by atoms with Crippen molar-refractivity contribution in [3.05, 3.63) is 70.2 Å². The summed E-state index contributed by atoms with van der Waals surface area (Å²) in [5, 5.41) is 0. The van der Waals surface area contributed by atoms with Crippen molar-refractivity contribution in [2.24, 2.45) is 0 Å². The van der Waals surface area contributed by atoms with Crippen molar-refractivity contribution < 1.29 is 9.21 Å². The van der Waals surface area contributed by atoms with E-state index < -0.39 is 5.76 Å². The molecule has 0 fully saturated rings. The Hall–Kier alpha value is -2.62. The molecule has 0 bridgehead atoms. The van der Waals surface area contributed by atoms with Crippen LogP contribution in [0.4, 0.5) is 0 Å². The molecule has 0 saturated heterocycles. The Morgan fingerprint density at radius 2 is 1.78 bits per heavy atom. The average molecular weight is 239 g/mol. The number of hydrogen-bond donors (Lipinski definition) is 1. The van der Waals surface area contributed by atoms with Gasteiger partial charge in [-0.05, 0) is 18.2 Å². The summed E-state index contributed by atoms with van der Waals surface area (Å²) in [5.74, 6) is -0.603. The van der Waals surface area contributed by atoms with Gasteiger partial charge in [0.25, 0.3) is 0 Å². The molecule has 1 heterocycles. The summed E-state index contributed by atoms with van der Waals surface area (Å²) in [6, 6.07) is 13.9. The molecule has 18 heavy (non-hydrogen) atoms. The number of nitrogens with one attached hydrogen (secondary N) is 1. The molecule has 0 unspecified atom stereocenters. The smallest absolute Gasteiger partial charge is 0.408 e. The highest BCUT2D eigenvalue weighted by molar-refractivity contribution is 6.10. The lowest BCUT2D eigenvalue weighted by atomic mass is 10.0. The van der Waals surface area contributed by atoms with Gasteiger partial charge in [0.2, 0.25) is 0 Å². The lowest BCUT2D eigenvalue weighted by molar-refractivity contribution is 0.103. The standard InChI is InChI=1S/C14H9NO3/c16-13(9-4-2-1-3-5-9)10-6-7-12-11(8-10)15-14(17)18-12/h1-8H,(H,15,17). The zero-order chi connectivity index (χ0) is 12.5. The number of benzene rings is 2. The number of H-pyrrole nitrogens is 1. The normalized spacial score (nSPS) is 10.7. The molecule has 1 aromatic heterocycles. The van der Waals surface area contributed by atoms with Gasteiger partial charge in [0, 0.05) is 11.1 Å². The molecule has 0 saturated carbocycles. The molecule has 3 aromatic rings. The fourth-order valence-corrected chi connectivity index (χ4v) is 1.85. The van der Waals surface area contributed by atoms with E-state index in [2.05, 4.69) is 4.98 Å². The van der Waals surface area contributed by atoms with Gasteiger partial charge in [-0.3, -0.25) is 9.78 Å². The minimum Gasteiger partial charge on any atom is -0.408 e. The topological polar surface area (TPSA) is 63.1 Å². The fraction of sp³-hybridized carbons (Fsp3) is 0. The van der Waals surface area contributed by atoms with Crippen LogP contribution in [0.15, 0.2) is 57.7 Å². The van der Waals surface area contributed by atoms with Crippen LogP contribution in [-0.4, -0.2) is 10.8 Å². The van der Waals surface area contributed by atoms with Gasteiger partial charge in [-0.2, -0.15) is 0 Å². The van der Waals surface area contributed by atoms with Crippen LogP contribution in [0, 0.1) is 0 Å². The van der Waals surface area contributed by atoms with Gasteiger partial charge >= 0.3 is 5.76 Å². The molecule has 1 N–H and O–H groups in total. The van der Waals surface area contributed by atoms with Crippen LogP contribution in [0.25, 0.3) is 11.1 Å². The summed E-state index contributed by atoms with van der Waals surface area (Å²) in [5.41, 5.74) is 2.11. The van der Waals surface area contributed by atoms with E-state index in [1.54, 1.807) is 30.3 Å². The summed E-state index contributed by atoms with van der Waals surface area (Å²) < 4.78 is 4.89. The van der Waals surface area contributed by atoms with Crippen molar-refractivity contribution in [1.82, 2.24) is 4.98 Å². The molecule has 3 rings (SSSR count). The van der Waals surface area contributed by atoms with E-state index in [4.69, 9.17) is 4.42 Å². The molecule has 0 amide bonds. The van der Waals surface area contributed by atoms with Crippen molar-refractivity contribution in [2.45, 2.75) is 0 Å². The number of fused-ring (bicyclic) bond motifs is 1. The van der Waals surface area contributed by atoms with Crippen LogP contribution in [0.3, 0.4) is 0 Å². The number of hydrogen-bond acceptors (Lipinski definition) is 3. The number of carbonyl (C=O) groups is 1. The Morgan fingerprint density at radius 3 is 2.56 bits per heavy atom. The summed E-state index contributed by atoms with van der Waals surface area (Å²) in [7, 11) is 0. The van der Waals surface area contributed by atoms with Gasteiger partial charge in [0.05, 0.1) is 5.52 Å². The molecule has 4 heteroatoms. The summed E-state index contributed by atoms with van der Waals surface area (Å²) >= 11 is 0. The molecule has 2 aromatic carbocycles. The second-order valence-electron chi connectivity index (χ2n) is 3.92. The zero-order valence-corrected chi connectivity index (χ0v) is 9.34. The third-order valence-corrected chi connectivity index (χ3v) is 2.72. The lowest BCUT2D eigenvalue weighted by Crippen LogP contribution is -2.00. The molecule has 0 spiro atoms. The highest BCUT2D eigenvalue weighted by Crippen LogP contribution is 2.15. The number of oxazole rings is 1. The average Bonchev–Trinajstić information content (AvgIpc) is 2.78. The molecule has 88 valence electrons. The fourth-order valence-electron chi connectivity index (χ4n) is 1.85. The minimum absolute atomic E-state index is 0.0838. The maximum absolute atomic E-state index is 12.2. The third-order valence-electron chi connectivity index (χ3n) is 2.72. The van der Waals surface area contributed by atoms with Gasteiger partial charge in [-0.25, -0.2) is 4.79 Å². The highest BCUT2D eigenvalue weighted by atomic mass is 16.4. The van der Waals surface area contributed by atoms with Gasteiger partial charge in [-0.1, -0.05) is 30.3 Å². The quantitative estimate of drug-likeness (QED) is 0.698. The van der Waals surface area contributed by atoms with E-state index in [0.717, 1.165) is 0 Å². The first-order valence-electron chi connectivity index (χ1n) is 5.47. The van der Waals surface area contributed by atoms with Gasteiger partial charge in [0.15, 0.2) is 11.4 Å². The van der Waals surface area contributed by atoms with Crippen molar-refractivity contribution in [3.63, 3.8) is 0 Å². The SMILES string of the molecule is O=C(c1ccccc1)c1ccc2oc(=O)[nH]c2c1. The van der Waals surface area contributed by atoms with Crippen molar-refractivity contribution in [3.8, 4) is 0 Å². The van der Waals surface area contributed by atoms with Crippen LogP contribution in [0.5, 0.6) is 0 Å². The Bertz CT molecular complexity index is 768. The van der Waals surface area contributed by atoms with E-state index in [1.807, 2.05) is 18.2 Å². The van der Waals surface area contributed by atoms with Gasteiger partial charge < -0.3 is 4.42 Å². The monoisotopic (exact) mass is 239 g/mol. The van der Waals surface area contributed by atoms with Gasteiger partial charge in [0.1, 0.15) is 0 Å². The van der Waals surface area contributed by atoms with Crippen LogP contribution in [-0.2, 0) is 0 Å². The third kappa shape index (κ3) is 1.73. The van der Waals surface area contributed by atoms with Gasteiger partial charge in [-0.15, -0.1) is 0 Å². The molecule has 0 atom stereocenters. The predicted octanol–water partition coefficient (Wildman–Crippen LogP) is 2.35. The van der Waals surface area contributed by atoms with Crippen LogP contribution >= 0.6 is 0 Å². The first-order valence-corrected chi connectivity index (χ1v) is 5.47. The predicted molar refractivity (Wildman–Crippen MR) is 66.7 cm³/mol. The maximum atomic E-state index is 12.2. The van der Waals surface area contributed by atoms with Crippen molar-refractivity contribution in [2.75, 3.05) is 0 Å². The number of aromatic amines is 1. The van der Waals surface area contributed by atoms with E-state index in [1.165, 1.54) is 0 Å². The van der Waals surface area contributed by atoms with E-state index in [9.17, 15) is 9.59 Å². The number of carbonyl (C=O) groups excluding carboxylic acids is 1.